The van der Waals surface area contributed by atoms with Crippen molar-refractivity contribution in [3.63, 3.8) is 0 Å². The van der Waals surface area contributed by atoms with Gasteiger partial charge in [-0.1, -0.05) is 41.9 Å². The molecule has 2 amide bonds. The Bertz CT molecular complexity index is 813. The Morgan fingerprint density at radius 3 is 2.46 bits per heavy atom. The second kappa shape index (κ2) is 7.02. The fraction of sp³-hybridized carbons (Fsp3) is 0.250. The molecule has 0 radical (unpaired) electrons. The number of carbonyl (C=O) groups excluding carboxylic acids is 1. The minimum Gasteiger partial charge on any atom is -0.324 e. The van der Waals surface area contributed by atoms with Gasteiger partial charge in [-0.15, -0.1) is 0 Å². The van der Waals surface area contributed by atoms with Crippen LogP contribution in [0.3, 0.4) is 0 Å². The maximum Gasteiger partial charge on any atom is 0.321 e. The van der Waals surface area contributed by atoms with E-state index in [-0.39, 0.29) is 11.6 Å². The largest absolute Gasteiger partial charge is 0.324 e. The molecule has 2 aliphatic rings. The highest BCUT2D eigenvalue weighted by Crippen LogP contribution is 2.35. The van der Waals surface area contributed by atoms with Crippen LogP contribution in [-0.2, 0) is 4.84 Å². The summed E-state index contributed by atoms with van der Waals surface area (Å²) in [6, 6.07) is 17.1. The molecule has 0 aromatic heterocycles. The average molecular weight is 370 g/mol. The maximum absolute atomic E-state index is 12.4. The van der Waals surface area contributed by atoms with E-state index in [2.05, 4.69) is 16.9 Å². The van der Waals surface area contributed by atoms with E-state index in [4.69, 9.17) is 16.4 Å². The number of carbonyl (C=O) groups is 1. The number of amides is 2. The highest BCUT2D eigenvalue weighted by atomic mass is 35.5. The molecule has 2 aromatic carbocycles. The first-order valence-corrected chi connectivity index (χ1v) is 9.05. The number of nitrogens with zero attached hydrogens (tertiary/aromatic N) is 1. The highest BCUT2D eigenvalue weighted by molar-refractivity contribution is 6.30. The Morgan fingerprint density at radius 1 is 1.08 bits per heavy atom. The second-order valence-corrected chi connectivity index (χ2v) is 7.05. The van der Waals surface area contributed by atoms with Crippen LogP contribution >= 0.6 is 11.6 Å². The predicted molar refractivity (Wildman–Crippen MR) is 103 cm³/mol. The molecule has 0 saturated carbocycles. The number of hydrogen-bond donors (Lipinski definition) is 2. The summed E-state index contributed by atoms with van der Waals surface area (Å²) in [5, 5.41) is 3.64. The number of likely N-dealkylation sites (tertiary alicyclic amines) is 1. The van der Waals surface area contributed by atoms with Crippen LogP contribution in [0.25, 0.3) is 5.70 Å². The number of anilines is 1. The van der Waals surface area contributed by atoms with Crippen molar-refractivity contribution in [3.05, 3.63) is 71.3 Å². The summed E-state index contributed by atoms with van der Waals surface area (Å²) in [4.78, 5) is 20.1. The summed E-state index contributed by atoms with van der Waals surface area (Å²) in [6.45, 7) is 1.29. The van der Waals surface area contributed by atoms with Gasteiger partial charge in [0, 0.05) is 36.6 Å². The van der Waals surface area contributed by atoms with Crippen LogP contribution in [0.15, 0.2) is 60.7 Å². The van der Waals surface area contributed by atoms with E-state index in [1.165, 1.54) is 0 Å². The standard InChI is InChI=1S/C20H20ClN3O2/c21-16-8-6-15(7-9-16)18-14-20(26-23-18)10-12-24(13-11-20)19(25)22-17-4-2-1-3-5-17/h1-9,14,23H,10-13H2,(H,22,25). The Balaban J connectivity index is 1.38. The lowest BCUT2D eigenvalue weighted by Gasteiger charge is -2.36. The molecule has 1 fully saturated rings. The van der Waals surface area contributed by atoms with Crippen molar-refractivity contribution < 1.29 is 9.63 Å². The number of urea groups is 1. The van der Waals surface area contributed by atoms with Gasteiger partial charge in [0.05, 0.1) is 5.70 Å². The lowest BCUT2D eigenvalue weighted by molar-refractivity contribution is -0.0634. The molecule has 0 bridgehead atoms. The number of para-hydroxylation sites is 1. The zero-order valence-corrected chi connectivity index (χ0v) is 15.0. The Hall–Kier alpha value is -2.50. The molecule has 1 saturated heterocycles. The van der Waals surface area contributed by atoms with Gasteiger partial charge in [0.1, 0.15) is 5.60 Å². The molecule has 2 aliphatic heterocycles. The number of rotatable bonds is 2. The second-order valence-electron chi connectivity index (χ2n) is 6.62. The Kier molecular flexibility index (Phi) is 4.57. The molecule has 4 rings (SSSR count). The van der Waals surface area contributed by atoms with Gasteiger partial charge in [0.25, 0.3) is 0 Å². The molecule has 2 aromatic rings. The van der Waals surface area contributed by atoms with E-state index in [1.54, 1.807) is 0 Å². The smallest absolute Gasteiger partial charge is 0.321 e. The highest BCUT2D eigenvalue weighted by Gasteiger charge is 2.39. The molecule has 0 aliphatic carbocycles. The fourth-order valence-corrected chi connectivity index (χ4v) is 3.44. The quantitative estimate of drug-likeness (QED) is 0.830. The summed E-state index contributed by atoms with van der Waals surface area (Å²) in [6.07, 6.45) is 3.63. The minimum absolute atomic E-state index is 0.0705. The Morgan fingerprint density at radius 2 is 1.77 bits per heavy atom. The first-order valence-electron chi connectivity index (χ1n) is 8.67. The van der Waals surface area contributed by atoms with Gasteiger partial charge in [0.2, 0.25) is 0 Å². The van der Waals surface area contributed by atoms with Crippen LogP contribution in [0.5, 0.6) is 0 Å². The first-order chi connectivity index (χ1) is 12.6. The molecule has 0 atom stereocenters. The fourth-order valence-electron chi connectivity index (χ4n) is 3.31. The zero-order valence-electron chi connectivity index (χ0n) is 14.2. The first kappa shape index (κ1) is 16.9. The van der Waals surface area contributed by atoms with Crippen LogP contribution in [-0.4, -0.2) is 29.6 Å². The maximum atomic E-state index is 12.4. The van der Waals surface area contributed by atoms with Gasteiger partial charge in [-0.2, -0.15) is 0 Å². The monoisotopic (exact) mass is 369 g/mol. The molecule has 2 N–H and O–H groups in total. The number of halogens is 1. The van der Waals surface area contributed by atoms with Crippen LogP contribution < -0.4 is 10.8 Å². The molecule has 2 heterocycles. The van der Waals surface area contributed by atoms with Crippen molar-refractivity contribution in [3.8, 4) is 0 Å². The third-order valence-corrected chi connectivity index (χ3v) is 5.10. The number of nitrogens with one attached hydrogen (secondary N) is 2. The molecule has 5 nitrogen and oxygen atoms in total. The van der Waals surface area contributed by atoms with Gasteiger partial charge in [-0.3, -0.25) is 10.3 Å². The van der Waals surface area contributed by atoms with Gasteiger partial charge in [-0.25, -0.2) is 4.79 Å². The lowest BCUT2D eigenvalue weighted by Crippen LogP contribution is -2.48. The van der Waals surface area contributed by atoms with Crippen LogP contribution in [0.1, 0.15) is 18.4 Å². The van der Waals surface area contributed by atoms with Crippen LogP contribution in [0.4, 0.5) is 10.5 Å². The topological polar surface area (TPSA) is 53.6 Å². The third-order valence-electron chi connectivity index (χ3n) is 4.85. The molecular weight excluding hydrogens is 350 g/mol. The van der Waals surface area contributed by atoms with E-state index < -0.39 is 0 Å². The number of benzene rings is 2. The predicted octanol–water partition coefficient (Wildman–Crippen LogP) is 4.28. The summed E-state index contributed by atoms with van der Waals surface area (Å²) >= 11 is 5.95. The van der Waals surface area contributed by atoms with Gasteiger partial charge >= 0.3 is 6.03 Å². The van der Waals surface area contributed by atoms with E-state index in [9.17, 15) is 4.79 Å². The van der Waals surface area contributed by atoms with E-state index in [1.807, 2.05) is 59.5 Å². The Labute approximate surface area is 157 Å². The van der Waals surface area contributed by atoms with Crippen molar-refractivity contribution >= 4 is 29.0 Å². The summed E-state index contributed by atoms with van der Waals surface area (Å²) in [7, 11) is 0. The molecule has 134 valence electrons. The molecule has 0 unspecified atom stereocenters. The van der Waals surface area contributed by atoms with Crippen molar-refractivity contribution in [1.29, 1.82) is 0 Å². The van der Waals surface area contributed by atoms with E-state index >= 15 is 0 Å². The number of hydrogen-bond acceptors (Lipinski definition) is 3. The van der Waals surface area contributed by atoms with Gasteiger partial charge in [-0.05, 0) is 35.9 Å². The molecular formula is C20H20ClN3O2. The van der Waals surface area contributed by atoms with E-state index in [0.29, 0.717) is 18.1 Å². The average Bonchev–Trinajstić information content (AvgIpc) is 3.07. The van der Waals surface area contributed by atoms with Crippen molar-refractivity contribution in [2.45, 2.75) is 18.4 Å². The number of piperidine rings is 1. The summed E-state index contributed by atoms with van der Waals surface area (Å²) in [5.41, 5.74) is 5.47. The lowest BCUT2D eigenvalue weighted by atomic mass is 9.90. The van der Waals surface area contributed by atoms with E-state index in [0.717, 1.165) is 29.8 Å². The summed E-state index contributed by atoms with van der Waals surface area (Å²) in [5.74, 6) is 0. The normalized spacial score (nSPS) is 18.3. The van der Waals surface area contributed by atoms with Gasteiger partial charge < -0.3 is 10.2 Å². The van der Waals surface area contributed by atoms with Crippen LogP contribution in [0, 0.1) is 0 Å². The number of hydroxylamine groups is 1. The van der Waals surface area contributed by atoms with Crippen molar-refractivity contribution in [2.75, 3.05) is 18.4 Å². The molecule has 26 heavy (non-hydrogen) atoms. The van der Waals surface area contributed by atoms with Gasteiger partial charge in [0.15, 0.2) is 0 Å². The van der Waals surface area contributed by atoms with Crippen molar-refractivity contribution in [1.82, 2.24) is 10.4 Å². The third kappa shape index (κ3) is 3.54. The molecule has 6 heteroatoms. The zero-order chi connectivity index (χ0) is 18.0. The van der Waals surface area contributed by atoms with Crippen LogP contribution in [0.2, 0.25) is 5.02 Å². The summed E-state index contributed by atoms with van der Waals surface area (Å²) < 4.78 is 0. The molecule has 1 spiro atoms. The van der Waals surface area contributed by atoms with Crippen molar-refractivity contribution in [2.24, 2.45) is 0 Å². The minimum atomic E-state index is -0.363. The SMILES string of the molecule is O=C(Nc1ccccc1)N1CCC2(C=C(c3ccc(Cl)cc3)NO2)CC1.